The number of rotatable bonds is 8. The molecule has 6 atom stereocenters. The molecule has 0 aromatic carbocycles. The topological polar surface area (TPSA) is 209 Å². The molecule has 3 heterocycles. The summed E-state index contributed by atoms with van der Waals surface area (Å²) >= 11 is 5.99. The Balaban J connectivity index is 1.53. The van der Waals surface area contributed by atoms with Crippen molar-refractivity contribution in [3.8, 4) is 0 Å². The third-order valence-electron chi connectivity index (χ3n) is 5.56. The van der Waals surface area contributed by atoms with E-state index in [1.165, 1.54) is 6.20 Å². The van der Waals surface area contributed by atoms with Crippen LogP contribution in [-0.2, 0) is 18.4 Å². The van der Waals surface area contributed by atoms with Gasteiger partial charge in [0.2, 0.25) is 11.2 Å². The van der Waals surface area contributed by atoms with E-state index in [2.05, 4.69) is 24.9 Å². The van der Waals surface area contributed by atoms with E-state index in [1.54, 1.807) is 0 Å². The van der Waals surface area contributed by atoms with Gasteiger partial charge in [-0.1, -0.05) is 0 Å². The molecule has 196 valence electrons. The van der Waals surface area contributed by atoms with Gasteiger partial charge >= 0.3 is 15.2 Å². The largest absolute Gasteiger partial charge is 0.387 e. The van der Waals surface area contributed by atoms with E-state index in [0.29, 0.717) is 0 Å². The zero-order chi connectivity index (χ0) is 25.8. The molecule has 19 heteroatoms. The molecular formula is C16H22ClF2N5O9P2. The number of nitrogens with one attached hydrogen (secondary N) is 1. The van der Waals surface area contributed by atoms with E-state index >= 15 is 0 Å². The third-order valence-corrected chi connectivity index (χ3v) is 9.18. The summed E-state index contributed by atoms with van der Waals surface area (Å²) in [4.78, 5) is 35.5. The van der Waals surface area contributed by atoms with Crippen molar-refractivity contribution in [3.63, 3.8) is 0 Å². The zero-order valence-corrected chi connectivity index (χ0v) is 20.2. The van der Waals surface area contributed by atoms with Crippen molar-refractivity contribution < 1.29 is 52.1 Å². The number of fused-ring (bicyclic) bond motifs is 1. The van der Waals surface area contributed by atoms with Crippen LogP contribution in [0.5, 0.6) is 0 Å². The predicted octanol–water partition coefficient (Wildman–Crippen LogP) is 0.876. The molecule has 2 aromatic rings. The number of hydrogen-bond acceptors (Lipinski definition) is 10. The number of alkyl halides is 2. The Morgan fingerprint density at radius 3 is 2.63 bits per heavy atom. The highest BCUT2D eigenvalue weighted by Gasteiger charge is 2.46. The van der Waals surface area contributed by atoms with Gasteiger partial charge in [-0.3, -0.25) is 9.13 Å². The minimum atomic E-state index is -4.86. The van der Waals surface area contributed by atoms with Crippen LogP contribution >= 0.6 is 26.8 Å². The van der Waals surface area contributed by atoms with Gasteiger partial charge in [0, 0.05) is 18.9 Å². The Morgan fingerprint density at radius 2 is 2.00 bits per heavy atom. The van der Waals surface area contributed by atoms with Crippen molar-refractivity contribution in [2.75, 3.05) is 17.8 Å². The van der Waals surface area contributed by atoms with Crippen molar-refractivity contribution >= 4 is 38.3 Å². The molecule has 0 radical (unpaired) electrons. The van der Waals surface area contributed by atoms with Crippen LogP contribution in [0, 0.1) is 0 Å². The van der Waals surface area contributed by atoms with Gasteiger partial charge in [0.15, 0.2) is 17.4 Å². The van der Waals surface area contributed by atoms with Crippen LogP contribution < -0.4 is 5.32 Å². The summed E-state index contributed by atoms with van der Waals surface area (Å²) in [6, 6.07) is -0.584. The van der Waals surface area contributed by atoms with Crippen molar-refractivity contribution in [3.05, 3.63) is 17.2 Å². The normalized spacial score (nSPS) is 30.6. The van der Waals surface area contributed by atoms with Crippen molar-refractivity contribution in [2.45, 2.75) is 55.6 Å². The lowest BCUT2D eigenvalue weighted by Crippen LogP contribution is -2.33. The summed E-state index contributed by atoms with van der Waals surface area (Å²) in [7, 11) is -9.58. The molecule has 4 rings (SSSR count). The lowest BCUT2D eigenvalue weighted by atomic mass is 10.1. The number of anilines is 1. The van der Waals surface area contributed by atoms with E-state index in [4.69, 9.17) is 26.1 Å². The average molecular weight is 564 g/mol. The molecule has 2 fully saturated rings. The molecule has 0 bridgehead atoms. The maximum atomic E-state index is 13.6. The van der Waals surface area contributed by atoms with Crippen LogP contribution in [-0.4, -0.2) is 87.3 Å². The SMILES string of the molecule is O=P(O)(O)CP(=O)(O)OC[C@H]1O[C@@H](c2cnc3c(NC4CCC(F)(F)C4)nc(Cl)nn23)[C@H](O)[C@@H]1O. The second kappa shape index (κ2) is 9.53. The standard InChI is InChI=1S/C16H22ClF2N5O9P2/c17-15-22-13(21-7-1-2-16(18,19)3-7)14-20-4-8(24(14)23-15)12-11(26)10(25)9(33-12)5-32-35(30,31)6-34(27,28)29/h4,7,9-12,25-26H,1-3,5-6H2,(H,30,31)(H,21,22,23)(H2,27,28,29)/t7?,9-,10-,11-,12+/m1/s1. The Kier molecular flexibility index (Phi) is 7.28. The minimum absolute atomic E-state index is 0.0746. The molecule has 1 aliphatic carbocycles. The molecule has 1 saturated heterocycles. The summed E-state index contributed by atoms with van der Waals surface area (Å²) in [5.74, 6) is -4.16. The molecule has 1 aliphatic heterocycles. The smallest absolute Gasteiger partial charge is 0.340 e. The lowest BCUT2D eigenvalue weighted by Gasteiger charge is -2.18. The maximum Gasteiger partial charge on any atom is 0.340 e. The van der Waals surface area contributed by atoms with Crippen molar-refractivity contribution in [1.82, 2.24) is 19.6 Å². The first-order chi connectivity index (χ1) is 16.1. The number of aromatic nitrogens is 4. The van der Waals surface area contributed by atoms with Gasteiger partial charge in [-0.2, -0.15) is 4.98 Å². The maximum absolute atomic E-state index is 13.6. The Morgan fingerprint density at radius 1 is 1.29 bits per heavy atom. The molecule has 6 N–H and O–H groups in total. The lowest BCUT2D eigenvalue weighted by molar-refractivity contribution is -0.0204. The first-order valence-corrected chi connectivity index (χ1v) is 14.2. The van der Waals surface area contributed by atoms with Gasteiger partial charge in [-0.05, 0) is 18.0 Å². The van der Waals surface area contributed by atoms with Gasteiger partial charge in [0.25, 0.3) is 0 Å². The van der Waals surface area contributed by atoms with Gasteiger partial charge < -0.3 is 39.5 Å². The van der Waals surface area contributed by atoms with Crippen LogP contribution in [0.4, 0.5) is 14.6 Å². The van der Waals surface area contributed by atoms with E-state index < -0.39 is 70.5 Å². The number of halogens is 3. The second-order valence-corrected chi connectivity index (χ2v) is 12.7. The summed E-state index contributed by atoms with van der Waals surface area (Å²) in [6.07, 6.45) is -5.07. The molecule has 0 amide bonds. The third kappa shape index (κ3) is 6.16. The monoisotopic (exact) mass is 563 g/mol. The first-order valence-electron chi connectivity index (χ1n) is 10.2. The fourth-order valence-electron chi connectivity index (χ4n) is 4.02. The van der Waals surface area contributed by atoms with Gasteiger partial charge in [0.05, 0.1) is 18.5 Å². The quantitative estimate of drug-likeness (QED) is 0.247. The highest BCUT2D eigenvalue weighted by atomic mass is 35.5. The van der Waals surface area contributed by atoms with Crippen molar-refractivity contribution in [1.29, 1.82) is 0 Å². The van der Waals surface area contributed by atoms with E-state index in [1.807, 2.05) is 0 Å². The molecule has 0 spiro atoms. The summed E-state index contributed by atoms with van der Waals surface area (Å²) < 4.78 is 61.4. The van der Waals surface area contributed by atoms with Crippen LogP contribution in [0.2, 0.25) is 5.28 Å². The average Bonchev–Trinajstić information content (AvgIpc) is 3.35. The second-order valence-electron chi connectivity index (χ2n) is 8.40. The summed E-state index contributed by atoms with van der Waals surface area (Å²) in [5, 5.41) is 27.4. The van der Waals surface area contributed by atoms with Crippen LogP contribution in [0.15, 0.2) is 6.20 Å². The molecule has 1 saturated carbocycles. The van der Waals surface area contributed by atoms with Crippen LogP contribution in [0.1, 0.15) is 31.1 Å². The van der Waals surface area contributed by atoms with Crippen LogP contribution in [0.3, 0.4) is 0 Å². The molecular weight excluding hydrogens is 542 g/mol. The molecule has 2 unspecified atom stereocenters. The molecule has 14 nitrogen and oxygen atoms in total. The van der Waals surface area contributed by atoms with E-state index in [0.717, 1.165) is 4.52 Å². The van der Waals surface area contributed by atoms with Gasteiger partial charge in [0.1, 0.15) is 24.4 Å². The van der Waals surface area contributed by atoms with Crippen molar-refractivity contribution in [2.24, 2.45) is 0 Å². The van der Waals surface area contributed by atoms with Gasteiger partial charge in [-0.15, -0.1) is 5.10 Å². The number of aliphatic hydroxyl groups is 2. The van der Waals surface area contributed by atoms with E-state index in [9.17, 15) is 33.0 Å². The summed E-state index contributed by atoms with van der Waals surface area (Å²) in [6.45, 7) is -0.766. The number of hydrogen-bond donors (Lipinski definition) is 6. The number of aliphatic hydroxyl groups excluding tert-OH is 2. The Bertz CT molecular complexity index is 1200. The fraction of sp³-hybridized carbons (Fsp3) is 0.688. The molecule has 2 aromatic heterocycles. The molecule has 35 heavy (non-hydrogen) atoms. The zero-order valence-electron chi connectivity index (χ0n) is 17.7. The predicted molar refractivity (Wildman–Crippen MR) is 114 cm³/mol. The number of ether oxygens (including phenoxy) is 1. The highest BCUT2D eigenvalue weighted by molar-refractivity contribution is 7.70. The van der Waals surface area contributed by atoms with Gasteiger partial charge in [-0.25, -0.2) is 18.3 Å². The Labute approximate surface area is 200 Å². The van der Waals surface area contributed by atoms with E-state index in [-0.39, 0.29) is 35.3 Å². The first kappa shape index (κ1) is 26.7. The number of imidazole rings is 1. The number of nitrogens with zero attached hydrogens (tertiary/aromatic N) is 4. The fourth-order valence-corrected chi connectivity index (χ4v) is 6.75. The Hall–Kier alpha value is -1.32. The minimum Gasteiger partial charge on any atom is -0.387 e. The highest BCUT2D eigenvalue weighted by Crippen LogP contribution is 2.55. The van der Waals surface area contributed by atoms with Crippen LogP contribution in [0.25, 0.3) is 5.65 Å². The molecule has 2 aliphatic rings. The summed E-state index contributed by atoms with van der Waals surface area (Å²) in [5.41, 5.74) is 0.187.